The van der Waals surface area contributed by atoms with Crippen LogP contribution in [0.4, 0.5) is 10.5 Å². The van der Waals surface area contributed by atoms with E-state index in [2.05, 4.69) is 34.6 Å². The van der Waals surface area contributed by atoms with Crippen molar-refractivity contribution in [2.75, 3.05) is 11.9 Å². The van der Waals surface area contributed by atoms with Gasteiger partial charge in [-0.05, 0) is 52.3 Å². The van der Waals surface area contributed by atoms with Crippen LogP contribution in [0.25, 0.3) is 22.0 Å². The molecule has 0 fully saturated rings. The number of aromatic amines is 1. The molecule has 0 bridgehead atoms. The fraction of sp³-hybridized carbons (Fsp3) is 0.241. The van der Waals surface area contributed by atoms with Crippen molar-refractivity contribution in [1.29, 1.82) is 0 Å². The molecule has 5 heteroatoms. The Morgan fingerprint density at radius 1 is 0.971 bits per heavy atom. The summed E-state index contributed by atoms with van der Waals surface area (Å²) >= 11 is 0. The predicted molar refractivity (Wildman–Crippen MR) is 137 cm³/mol. The largest absolute Gasteiger partial charge is 0.448 e. The Morgan fingerprint density at radius 3 is 2.21 bits per heavy atom. The van der Waals surface area contributed by atoms with E-state index in [9.17, 15) is 9.59 Å². The minimum absolute atomic E-state index is 0.00424. The number of carbonyl (C=O) groups is 1. The first kappa shape index (κ1) is 22.0. The van der Waals surface area contributed by atoms with E-state index in [1.54, 1.807) is 6.07 Å². The molecule has 1 amide bonds. The van der Waals surface area contributed by atoms with Gasteiger partial charge in [0.05, 0.1) is 5.52 Å². The van der Waals surface area contributed by atoms with Crippen molar-refractivity contribution in [3.05, 3.63) is 99.3 Å². The Bertz CT molecular complexity index is 1430. The SMILES string of the molecule is Cc1c(C(C)(C)C)c(=O)[nH]c2cc(NC(=O)OCC3c4ccccc4-c4ccccc43)ccc12. The van der Waals surface area contributed by atoms with E-state index in [1.165, 1.54) is 22.3 Å². The number of amides is 1. The topological polar surface area (TPSA) is 71.2 Å². The first-order valence-electron chi connectivity index (χ1n) is 11.5. The van der Waals surface area contributed by atoms with Gasteiger partial charge in [-0.3, -0.25) is 10.1 Å². The van der Waals surface area contributed by atoms with Crippen LogP contribution in [0.5, 0.6) is 0 Å². The van der Waals surface area contributed by atoms with Gasteiger partial charge in [0, 0.05) is 22.6 Å². The average molecular weight is 453 g/mol. The Balaban J connectivity index is 1.34. The van der Waals surface area contributed by atoms with Crippen LogP contribution in [0.3, 0.4) is 0 Å². The third kappa shape index (κ3) is 3.77. The Hall–Kier alpha value is -3.86. The van der Waals surface area contributed by atoms with E-state index < -0.39 is 6.09 Å². The minimum Gasteiger partial charge on any atom is -0.448 e. The van der Waals surface area contributed by atoms with E-state index in [1.807, 2.05) is 64.1 Å². The summed E-state index contributed by atoms with van der Waals surface area (Å²) in [5, 5.41) is 3.77. The second kappa shape index (κ2) is 8.17. The molecule has 34 heavy (non-hydrogen) atoms. The third-order valence-electron chi connectivity index (χ3n) is 6.61. The number of nitrogens with one attached hydrogen (secondary N) is 2. The number of aryl methyl sites for hydroxylation is 1. The molecular weight excluding hydrogens is 424 g/mol. The number of carbonyl (C=O) groups excluding carboxylic acids is 1. The highest BCUT2D eigenvalue weighted by molar-refractivity contribution is 5.91. The number of pyridine rings is 1. The van der Waals surface area contributed by atoms with Gasteiger partial charge in [-0.2, -0.15) is 0 Å². The first-order chi connectivity index (χ1) is 16.2. The number of ether oxygens (including phenoxy) is 1. The predicted octanol–water partition coefficient (Wildman–Crippen LogP) is 6.50. The average Bonchev–Trinajstić information content (AvgIpc) is 3.10. The number of benzene rings is 3. The van der Waals surface area contributed by atoms with E-state index >= 15 is 0 Å². The number of aromatic nitrogens is 1. The van der Waals surface area contributed by atoms with E-state index in [-0.39, 0.29) is 23.5 Å². The molecule has 1 aliphatic carbocycles. The Morgan fingerprint density at radius 2 is 1.59 bits per heavy atom. The molecule has 0 saturated heterocycles. The van der Waals surface area contributed by atoms with Crippen molar-refractivity contribution in [3.8, 4) is 11.1 Å². The summed E-state index contributed by atoms with van der Waals surface area (Å²) in [4.78, 5) is 28.3. The van der Waals surface area contributed by atoms with E-state index in [0.717, 1.165) is 16.5 Å². The molecule has 0 radical (unpaired) electrons. The molecule has 3 aromatic carbocycles. The lowest BCUT2D eigenvalue weighted by Gasteiger charge is -2.21. The summed E-state index contributed by atoms with van der Waals surface area (Å²) in [6.45, 7) is 8.31. The van der Waals surface area contributed by atoms with Crippen LogP contribution in [0, 0.1) is 6.92 Å². The molecule has 0 unspecified atom stereocenters. The van der Waals surface area contributed by atoms with Crippen LogP contribution >= 0.6 is 0 Å². The van der Waals surface area contributed by atoms with Crippen LogP contribution < -0.4 is 10.9 Å². The highest BCUT2D eigenvalue weighted by atomic mass is 16.5. The number of rotatable bonds is 3. The maximum absolute atomic E-state index is 12.7. The molecule has 172 valence electrons. The zero-order valence-electron chi connectivity index (χ0n) is 19.9. The summed E-state index contributed by atoms with van der Waals surface area (Å²) in [6, 6.07) is 22.0. The summed E-state index contributed by atoms with van der Waals surface area (Å²) in [5.74, 6) is 0.00424. The zero-order chi connectivity index (χ0) is 24.0. The molecule has 2 N–H and O–H groups in total. The van der Waals surface area contributed by atoms with E-state index in [4.69, 9.17) is 4.74 Å². The molecule has 0 spiro atoms. The first-order valence-corrected chi connectivity index (χ1v) is 11.5. The van der Waals surface area contributed by atoms with Gasteiger partial charge < -0.3 is 9.72 Å². The standard InChI is InChI=1S/C29H28N2O3/c1-17-19-14-13-18(15-25(19)31-27(32)26(17)29(2,3)4)30-28(33)34-16-24-22-11-7-5-9-20(22)21-10-6-8-12-23(21)24/h5-15,24H,16H2,1-4H3,(H,30,33)(H,31,32). The molecule has 0 saturated carbocycles. The second-order valence-corrected chi connectivity index (χ2v) is 9.92. The van der Waals surface area contributed by atoms with Crippen molar-refractivity contribution in [1.82, 2.24) is 4.98 Å². The number of hydrogen-bond donors (Lipinski definition) is 2. The number of fused-ring (bicyclic) bond motifs is 4. The van der Waals surface area contributed by atoms with Gasteiger partial charge in [-0.25, -0.2) is 4.79 Å². The number of hydrogen-bond acceptors (Lipinski definition) is 3. The molecule has 0 aliphatic heterocycles. The Kier molecular flexibility index (Phi) is 5.28. The molecule has 5 nitrogen and oxygen atoms in total. The fourth-order valence-electron chi connectivity index (χ4n) is 5.20. The number of H-pyrrole nitrogens is 1. The van der Waals surface area contributed by atoms with Crippen molar-refractivity contribution < 1.29 is 9.53 Å². The van der Waals surface area contributed by atoms with Crippen LogP contribution in [0.2, 0.25) is 0 Å². The summed E-state index contributed by atoms with van der Waals surface area (Å²) in [6.07, 6.45) is -0.522. The maximum Gasteiger partial charge on any atom is 0.411 e. The van der Waals surface area contributed by atoms with Gasteiger partial charge in [0.15, 0.2) is 0 Å². The van der Waals surface area contributed by atoms with Crippen molar-refractivity contribution >= 4 is 22.7 Å². The normalized spacial score (nSPS) is 12.9. The van der Waals surface area contributed by atoms with Gasteiger partial charge in [0.25, 0.3) is 5.56 Å². The molecular formula is C29H28N2O3. The fourth-order valence-corrected chi connectivity index (χ4v) is 5.20. The smallest absolute Gasteiger partial charge is 0.411 e. The van der Waals surface area contributed by atoms with Crippen LogP contribution in [-0.2, 0) is 10.2 Å². The molecule has 5 rings (SSSR count). The van der Waals surface area contributed by atoms with Crippen LogP contribution in [0.15, 0.2) is 71.5 Å². The lowest BCUT2D eigenvalue weighted by Crippen LogP contribution is -2.26. The summed E-state index contributed by atoms with van der Waals surface area (Å²) in [5.41, 5.74) is 7.35. The molecule has 1 aliphatic rings. The summed E-state index contributed by atoms with van der Waals surface area (Å²) < 4.78 is 5.64. The third-order valence-corrected chi connectivity index (χ3v) is 6.61. The van der Waals surface area contributed by atoms with Gasteiger partial charge in [0.1, 0.15) is 6.61 Å². The van der Waals surface area contributed by atoms with Gasteiger partial charge in [0.2, 0.25) is 0 Å². The monoisotopic (exact) mass is 452 g/mol. The van der Waals surface area contributed by atoms with Crippen molar-refractivity contribution in [2.45, 2.75) is 39.0 Å². The lowest BCUT2D eigenvalue weighted by atomic mass is 9.84. The summed E-state index contributed by atoms with van der Waals surface area (Å²) in [7, 11) is 0. The lowest BCUT2D eigenvalue weighted by molar-refractivity contribution is 0.158. The van der Waals surface area contributed by atoms with Gasteiger partial charge in [-0.1, -0.05) is 75.4 Å². The minimum atomic E-state index is -0.522. The second-order valence-electron chi connectivity index (χ2n) is 9.92. The van der Waals surface area contributed by atoms with Crippen molar-refractivity contribution in [3.63, 3.8) is 0 Å². The number of anilines is 1. The highest BCUT2D eigenvalue weighted by Crippen LogP contribution is 2.44. The quantitative estimate of drug-likeness (QED) is 0.373. The molecule has 1 heterocycles. The van der Waals surface area contributed by atoms with E-state index in [0.29, 0.717) is 11.2 Å². The van der Waals surface area contributed by atoms with Crippen LogP contribution in [0.1, 0.15) is 48.9 Å². The Labute approximate surface area is 198 Å². The van der Waals surface area contributed by atoms with Gasteiger partial charge >= 0.3 is 6.09 Å². The zero-order valence-corrected chi connectivity index (χ0v) is 19.9. The molecule has 0 atom stereocenters. The van der Waals surface area contributed by atoms with Crippen molar-refractivity contribution in [2.24, 2.45) is 0 Å². The molecule has 4 aromatic rings. The maximum atomic E-state index is 12.7. The molecule has 1 aromatic heterocycles. The van der Waals surface area contributed by atoms with Crippen LogP contribution in [-0.4, -0.2) is 17.7 Å². The highest BCUT2D eigenvalue weighted by Gasteiger charge is 2.29. The van der Waals surface area contributed by atoms with Gasteiger partial charge in [-0.15, -0.1) is 0 Å².